The van der Waals surface area contributed by atoms with Crippen LogP contribution < -0.4 is 0 Å². The molecule has 0 heterocycles. The Labute approximate surface area is 73.3 Å². The molecule has 0 spiro atoms. The normalized spacial score (nSPS) is 9.50. The Bertz CT molecular complexity index is 156. The molecule has 0 aromatic carbocycles. The van der Waals surface area contributed by atoms with Crippen LogP contribution in [0.25, 0.3) is 0 Å². The summed E-state index contributed by atoms with van der Waals surface area (Å²) in [6, 6.07) is 0. The zero-order chi connectivity index (χ0) is 9.40. The quantitative estimate of drug-likeness (QED) is 0.436. The summed E-state index contributed by atoms with van der Waals surface area (Å²) < 4.78 is 4.52. The summed E-state index contributed by atoms with van der Waals surface area (Å²) in [5.74, 6) is -0.237. The third-order valence-electron chi connectivity index (χ3n) is 1.35. The Morgan fingerprint density at radius 3 is 2.25 bits per heavy atom. The van der Waals surface area contributed by atoms with Crippen molar-refractivity contribution >= 4 is 5.97 Å². The molecule has 12 heavy (non-hydrogen) atoms. The van der Waals surface area contributed by atoms with Gasteiger partial charge in [-0.25, -0.2) is 0 Å². The third kappa shape index (κ3) is 4.68. The van der Waals surface area contributed by atoms with Gasteiger partial charge in [0.15, 0.2) is 0 Å². The van der Waals surface area contributed by atoms with Gasteiger partial charge in [0.1, 0.15) is 0 Å². The highest BCUT2D eigenvalue weighted by Gasteiger charge is 2.06. The molecule has 0 amide bonds. The van der Waals surface area contributed by atoms with Gasteiger partial charge in [0, 0.05) is 13.1 Å². The SMILES string of the molecule is C=CCN(CC=C)CC(=O)OC. The van der Waals surface area contributed by atoms with E-state index in [0.717, 1.165) is 0 Å². The minimum absolute atomic E-state index is 0.237. The third-order valence-corrected chi connectivity index (χ3v) is 1.35. The second-order valence-corrected chi connectivity index (χ2v) is 2.35. The number of rotatable bonds is 6. The molecule has 0 saturated heterocycles. The fourth-order valence-electron chi connectivity index (χ4n) is 0.816. The van der Waals surface area contributed by atoms with Crippen LogP contribution in [0.4, 0.5) is 0 Å². The van der Waals surface area contributed by atoms with Crippen molar-refractivity contribution in [3.63, 3.8) is 0 Å². The van der Waals surface area contributed by atoms with Crippen LogP contribution in [0.5, 0.6) is 0 Å². The van der Waals surface area contributed by atoms with Gasteiger partial charge in [0.25, 0.3) is 0 Å². The summed E-state index contributed by atoms with van der Waals surface area (Å²) in [7, 11) is 1.38. The molecule has 0 atom stereocenters. The standard InChI is InChI=1S/C9H15NO2/c1-4-6-10(7-5-2)8-9(11)12-3/h4-5H,1-2,6-8H2,3H3. The Morgan fingerprint density at radius 1 is 1.42 bits per heavy atom. The number of esters is 1. The van der Waals surface area contributed by atoms with E-state index in [1.54, 1.807) is 12.2 Å². The first-order valence-electron chi connectivity index (χ1n) is 3.75. The van der Waals surface area contributed by atoms with Gasteiger partial charge in [-0.15, -0.1) is 13.2 Å². The van der Waals surface area contributed by atoms with E-state index in [1.165, 1.54) is 7.11 Å². The van der Waals surface area contributed by atoms with E-state index in [-0.39, 0.29) is 12.5 Å². The lowest BCUT2D eigenvalue weighted by Gasteiger charge is -2.16. The number of carbonyl (C=O) groups is 1. The zero-order valence-corrected chi connectivity index (χ0v) is 7.45. The molecule has 0 rings (SSSR count). The fourth-order valence-corrected chi connectivity index (χ4v) is 0.816. The van der Waals surface area contributed by atoms with E-state index >= 15 is 0 Å². The first-order valence-corrected chi connectivity index (χ1v) is 3.75. The van der Waals surface area contributed by atoms with Crippen LogP contribution in [-0.2, 0) is 9.53 Å². The molecule has 0 saturated carbocycles. The van der Waals surface area contributed by atoms with Crippen LogP contribution in [0.1, 0.15) is 0 Å². The molecular formula is C9H15NO2. The molecule has 3 heteroatoms. The van der Waals surface area contributed by atoms with E-state index in [4.69, 9.17) is 0 Å². The largest absolute Gasteiger partial charge is 0.468 e. The highest BCUT2D eigenvalue weighted by atomic mass is 16.5. The van der Waals surface area contributed by atoms with Gasteiger partial charge in [-0.1, -0.05) is 12.2 Å². The van der Waals surface area contributed by atoms with Crippen molar-refractivity contribution in [3.05, 3.63) is 25.3 Å². The van der Waals surface area contributed by atoms with E-state index in [1.807, 2.05) is 4.90 Å². The fraction of sp³-hybridized carbons (Fsp3) is 0.444. The topological polar surface area (TPSA) is 29.5 Å². The molecular weight excluding hydrogens is 154 g/mol. The lowest BCUT2D eigenvalue weighted by Crippen LogP contribution is -2.30. The van der Waals surface area contributed by atoms with Gasteiger partial charge in [0.05, 0.1) is 13.7 Å². The van der Waals surface area contributed by atoms with Gasteiger partial charge in [0.2, 0.25) is 0 Å². The number of carbonyl (C=O) groups excluding carboxylic acids is 1. The van der Waals surface area contributed by atoms with Crippen molar-refractivity contribution in [2.45, 2.75) is 0 Å². The Morgan fingerprint density at radius 2 is 1.92 bits per heavy atom. The molecule has 3 nitrogen and oxygen atoms in total. The summed E-state index contributed by atoms with van der Waals surface area (Å²) in [5, 5.41) is 0. The number of methoxy groups -OCH3 is 1. The molecule has 0 fully saturated rings. The maximum absolute atomic E-state index is 10.8. The number of nitrogens with zero attached hydrogens (tertiary/aromatic N) is 1. The molecule has 0 N–H and O–H groups in total. The molecule has 0 aromatic heterocycles. The molecule has 0 aliphatic heterocycles. The average molecular weight is 169 g/mol. The zero-order valence-electron chi connectivity index (χ0n) is 7.45. The van der Waals surface area contributed by atoms with Crippen molar-refractivity contribution < 1.29 is 9.53 Å². The second kappa shape index (κ2) is 6.61. The van der Waals surface area contributed by atoms with Crippen LogP contribution in [-0.4, -0.2) is 37.6 Å². The van der Waals surface area contributed by atoms with E-state index < -0.39 is 0 Å². The van der Waals surface area contributed by atoms with Gasteiger partial charge in [-0.05, 0) is 0 Å². The maximum Gasteiger partial charge on any atom is 0.319 e. The first-order chi connectivity index (χ1) is 5.74. The number of hydrogen-bond acceptors (Lipinski definition) is 3. The summed E-state index contributed by atoms with van der Waals surface area (Å²) in [5.41, 5.74) is 0. The van der Waals surface area contributed by atoms with Crippen molar-refractivity contribution in [2.24, 2.45) is 0 Å². The summed E-state index contributed by atoms with van der Waals surface area (Å²) in [4.78, 5) is 12.7. The van der Waals surface area contributed by atoms with Gasteiger partial charge in [-0.3, -0.25) is 9.69 Å². The van der Waals surface area contributed by atoms with Crippen LogP contribution in [0.15, 0.2) is 25.3 Å². The Balaban J connectivity index is 3.83. The van der Waals surface area contributed by atoms with Crippen molar-refractivity contribution in [2.75, 3.05) is 26.7 Å². The maximum atomic E-state index is 10.8. The summed E-state index contributed by atoms with van der Waals surface area (Å²) >= 11 is 0. The lowest BCUT2D eigenvalue weighted by atomic mass is 10.4. The summed E-state index contributed by atoms with van der Waals surface area (Å²) in [6.07, 6.45) is 3.48. The second-order valence-electron chi connectivity index (χ2n) is 2.35. The van der Waals surface area contributed by atoms with E-state index in [0.29, 0.717) is 13.1 Å². The molecule has 0 aliphatic rings. The Hall–Kier alpha value is -1.09. The highest BCUT2D eigenvalue weighted by molar-refractivity contribution is 5.71. The van der Waals surface area contributed by atoms with Crippen molar-refractivity contribution in [1.29, 1.82) is 0 Å². The Kier molecular flexibility index (Phi) is 6.01. The van der Waals surface area contributed by atoms with E-state index in [9.17, 15) is 4.79 Å². The van der Waals surface area contributed by atoms with Crippen LogP contribution in [0.3, 0.4) is 0 Å². The van der Waals surface area contributed by atoms with Gasteiger partial charge in [-0.2, -0.15) is 0 Å². The number of hydrogen-bond donors (Lipinski definition) is 0. The van der Waals surface area contributed by atoms with Crippen LogP contribution >= 0.6 is 0 Å². The number of ether oxygens (including phenoxy) is 1. The monoisotopic (exact) mass is 169 g/mol. The van der Waals surface area contributed by atoms with E-state index in [2.05, 4.69) is 17.9 Å². The molecule has 0 unspecified atom stereocenters. The first kappa shape index (κ1) is 10.9. The summed E-state index contributed by atoms with van der Waals surface area (Å²) in [6.45, 7) is 8.80. The minimum Gasteiger partial charge on any atom is -0.468 e. The van der Waals surface area contributed by atoms with Crippen molar-refractivity contribution in [1.82, 2.24) is 4.90 Å². The van der Waals surface area contributed by atoms with Crippen LogP contribution in [0.2, 0.25) is 0 Å². The molecule has 68 valence electrons. The smallest absolute Gasteiger partial charge is 0.319 e. The van der Waals surface area contributed by atoms with Crippen LogP contribution in [0, 0.1) is 0 Å². The molecule has 0 aromatic rings. The minimum atomic E-state index is -0.237. The highest BCUT2D eigenvalue weighted by Crippen LogP contribution is 1.89. The van der Waals surface area contributed by atoms with Crippen molar-refractivity contribution in [3.8, 4) is 0 Å². The lowest BCUT2D eigenvalue weighted by molar-refractivity contribution is -0.141. The predicted octanol–water partition coefficient (Wildman–Crippen LogP) is 0.833. The van der Waals surface area contributed by atoms with Gasteiger partial charge >= 0.3 is 5.97 Å². The molecule has 0 radical (unpaired) electrons. The average Bonchev–Trinajstić information content (AvgIpc) is 2.05. The molecule has 0 bridgehead atoms. The predicted molar refractivity (Wildman–Crippen MR) is 48.9 cm³/mol. The molecule has 0 aliphatic carbocycles. The van der Waals surface area contributed by atoms with Gasteiger partial charge < -0.3 is 4.74 Å².